The van der Waals surface area contributed by atoms with Gasteiger partial charge in [0.05, 0.1) is 41.5 Å². The number of aryl methyl sites for hydroxylation is 1. The second-order valence-electron chi connectivity index (χ2n) is 6.36. The van der Waals surface area contributed by atoms with Crippen molar-refractivity contribution >= 4 is 9.84 Å². The predicted molar refractivity (Wildman–Crippen MR) is 96.9 cm³/mol. The minimum Gasteiger partial charge on any atom is -0.326 e. The molecule has 7 heteroatoms. The second-order valence-corrected chi connectivity index (χ2v) is 8.59. The van der Waals surface area contributed by atoms with E-state index >= 15 is 0 Å². The van der Waals surface area contributed by atoms with Crippen LogP contribution in [0.4, 0.5) is 0 Å². The Kier molecular flexibility index (Phi) is 3.95. The number of sulfone groups is 1. The van der Waals surface area contributed by atoms with Gasteiger partial charge in [0.1, 0.15) is 0 Å². The van der Waals surface area contributed by atoms with Gasteiger partial charge in [-0.15, -0.1) is 0 Å². The highest BCUT2D eigenvalue weighted by molar-refractivity contribution is 7.91. The second kappa shape index (κ2) is 6.15. The standard InChI is InChI=1S/C18H20N4O2S/c1-2-21-11-15(10-20-21)18-17(14-6-4-3-5-7-14)19-13-22(18)16-8-9-25(23,24)12-16/h3-7,10-11,13,16H,2,8-9,12H2,1H3/t16-/m0/s1. The number of benzene rings is 1. The molecule has 25 heavy (non-hydrogen) atoms. The molecule has 0 spiro atoms. The van der Waals surface area contributed by atoms with Crippen molar-refractivity contribution in [3.8, 4) is 22.5 Å². The molecule has 2 aromatic heterocycles. The fourth-order valence-corrected chi connectivity index (χ4v) is 5.10. The van der Waals surface area contributed by atoms with Gasteiger partial charge in [-0.1, -0.05) is 30.3 Å². The Hall–Kier alpha value is -2.41. The molecule has 4 rings (SSSR count). The fourth-order valence-electron chi connectivity index (χ4n) is 3.38. The maximum absolute atomic E-state index is 11.9. The van der Waals surface area contributed by atoms with Crippen molar-refractivity contribution in [2.24, 2.45) is 0 Å². The summed E-state index contributed by atoms with van der Waals surface area (Å²) in [6.07, 6.45) is 6.21. The molecule has 1 aromatic carbocycles. The summed E-state index contributed by atoms with van der Waals surface area (Å²) in [7, 11) is -2.97. The van der Waals surface area contributed by atoms with Crippen LogP contribution in [0.3, 0.4) is 0 Å². The van der Waals surface area contributed by atoms with E-state index in [4.69, 9.17) is 0 Å². The van der Waals surface area contributed by atoms with E-state index in [2.05, 4.69) is 10.1 Å². The van der Waals surface area contributed by atoms with Crippen molar-refractivity contribution < 1.29 is 8.42 Å². The van der Waals surface area contributed by atoms with Gasteiger partial charge in [0.25, 0.3) is 0 Å². The molecule has 1 atom stereocenters. The van der Waals surface area contributed by atoms with Gasteiger partial charge in [-0.05, 0) is 13.3 Å². The Balaban J connectivity index is 1.86. The number of imidazole rings is 1. The Bertz CT molecular complexity index is 989. The minimum atomic E-state index is -2.97. The van der Waals surface area contributed by atoms with Crippen LogP contribution in [-0.2, 0) is 16.4 Å². The largest absolute Gasteiger partial charge is 0.326 e. The summed E-state index contributed by atoms with van der Waals surface area (Å²) in [5.74, 6) is 0.413. The van der Waals surface area contributed by atoms with E-state index in [-0.39, 0.29) is 17.5 Å². The van der Waals surface area contributed by atoms with Gasteiger partial charge in [-0.2, -0.15) is 5.10 Å². The lowest BCUT2D eigenvalue weighted by Gasteiger charge is -2.14. The third-order valence-corrected chi connectivity index (χ3v) is 6.42. The minimum absolute atomic E-state index is 0.0741. The Morgan fingerprint density at radius 3 is 2.64 bits per heavy atom. The topological polar surface area (TPSA) is 69.8 Å². The molecule has 1 saturated heterocycles. The summed E-state index contributed by atoms with van der Waals surface area (Å²) in [6, 6.07) is 9.90. The lowest BCUT2D eigenvalue weighted by molar-refractivity contribution is 0.559. The molecule has 0 bridgehead atoms. The van der Waals surface area contributed by atoms with Gasteiger partial charge in [-0.25, -0.2) is 13.4 Å². The van der Waals surface area contributed by atoms with E-state index < -0.39 is 9.84 Å². The monoisotopic (exact) mass is 356 g/mol. The number of rotatable bonds is 4. The zero-order chi connectivity index (χ0) is 17.4. The van der Waals surface area contributed by atoms with Gasteiger partial charge in [0.2, 0.25) is 0 Å². The van der Waals surface area contributed by atoms with Crippen LogP contribution in [0.25, 0.3) is 22.5 Å². The van der Waals surface area contributed by atoms with Crippen LogP contribution >= 0.6 is 0 Å². The zero-order valence-corrected chi connectivity index (χ0v) is 14.9. The summed E-state index contributed by atoms with van der Waals surface area (Å²) < 4.78 is 27.8. The summed E-state index contributed by atoms with van der Waals surface area (Å²) in [5.41, 5.74) is 3.78. The number of hydrogen-bond donors (Lipinski definition) is 0. The van der Waals surface area contributed by atoms with E-state index in [1.165, 1.54) is 0 Å². The summed E-state index contributed by atoms with van der Waals surface area (Å²) >= 11 is 0. The van der Waals surface area contributed by atoms with E-state index in [1.807, 2.05) is 58.9 Å². The number of aromatic nitrogens is 4. The van der Waals surface area contributed by atoms with Crippen LogP contribution in [0.5, 0.6) is 0 Å². The highest BCUT2D eigenvalue weighted by Crippen LogP contribution is 2.35. The summed E-state index contributed by atoms with van der Waals surface area (Å²) in [4.78, 5) is 4.62. The molecule has 0 amide bonds. The third kappa shape index (κ3) is 3.00. The number of nitrogens with zero attached hydrogens (tertiary/aromatic N) is 4. The van der Waals surface area contributed by atoms with Gasteiger partial charge >= 0.3 is 0 Å². The summed E-state index contributed by atoms with van der Waals surface area (Å²) in [5, 5.41) is 4.38. The Labute approximate surface area is 147 Å². The first-order valence-electron chi connectivity index (χ1n) is 8.43. The molecular formula is C18H20N4O2S. The molecule has 0 unspecified atom stereocenters. The molecular weight excluding hydrogens is 336 g/mol. The molecule has 1 aliphatic heterocycles. The lowest BCUT2D eigenvalue weighted by atomic mass is 10.1. The molecule has 3 heterocycles. The Morgan fingerprint density at radius 2 is 2.00 bits per heavy atom. The first-order valence-corrected chi connectivity index (χ1v) is 10.2. The molecule has 1 aliphatic rings. The molecule has 0 radical (unpaired) electrons. The molecule has 0 aliphatic carbocycles. The lowest BCUT2D eigenvalue weighted by Crippen LogP contribution is -2.11. The van der Waals surface area contributed by atoms with Crippen molar-refractivity contribution in [1.82, 2.24) is 19.3 Å². The van der Waals surface area contributed by atoms with Crippen LogP contribution in [0, 0.1) is 0 Å². The molecule has 6 nitrogen and oxygen atoms in total. The molecule has 0 N–H and O–H groups in total. The van der Waals surface area contributed by atoms with E-state index in [1.54, 1.807) is 6.33 Å². The van der Waals surface area contributed by atoms with Gasteiger partial charge < -0.3 is 4.57 Å². The SMILES string of the molecule is CCn1cc(-c2c(-c3ccccc3)ncn2[C@H]2CCS(=O)(=O)C2)cn1. The van der Waals surface area contributed by atoms with Crippen molar-refractivity contribution in [1.29, 1.82) is 0 Å². The smallest absolute Gasteiger partial charge is 0.152 e. The zero-order valence-electron chi connectivity index (χ0n) is 14.0. The van der Waals surface area contributed by atoms with Gasteiger partial charge in [0.15, 0.2) is 9.84 Å². The maximum atomic E-state index is 11.9. The Morgan fingerprint density at radius 1 is 1.20 bits per heavy atom. The van der Waals surface area contributed by atoms with Gasteiger partial charge in [-0.3, -0.25) is 4.68 Å². The van der Waals surface area contributed by atoms with Crippen molar-refractivity contribution in [3.63, 3.8) is 0 Å². The predicted octanol–water partition coefficient (Wildman–Crippen LogP) is 2.79. The fraction of sp³-hybridized carbons (Fsp3) is 0.333. The first kappa shape index (κ1) is 16.1. The maximum Gasteiger partial charge on any atom is 0.152 e. The average molecular weight is 356 g/mol. The van der Waals surface area contributed by atoms with Crippen LogP contribution in [0.15, 0.2) is 49.1 Å². The van der Waals surface area contributed by atoms with Gasteiger partial charge in [0, 0.05) is 23.9 Å². The van der Waals surface area contributed by atoms with Crippen molar-refractivity contribution in [2.45, 2.75) is 25.9 Å². The van der Waals surface area contributed by atoms with Crippen molar-refractivity contribution in [2.75, 3.05) is 11.5 Å². The van der Waals surface area contributed by atoms with E-state index in [0.29, 0.717) is 6.42 Å². The van der Waals surface area contributed by atoms with Crippen LogP contribution in [0.1, 0.15) is 19.4 Å². The molecule has 1 fully saturated rings. The normalized spacial score (nSPS) is 19.3. The highest BCUT2D eigenvalue weighted by Gasteiger charge is 2.31. The molecule has 3 aromatic rings. The van der Waals surface area contributed by atoms with Crippen molar-refractivity contribution in [3.05, 3.63) is 49.1 Å². The highest BCUT2D eigenvalue weighted by atomic mass is 32.2. The quantitative estimate of drug-likeness (QED) is 0.721. The van der Waals surface area contributed by atoms with Crippen LogP contribution in [-0.4, -0.2) is 39.3 Å². The first-order chi connectivity index (χ1) is 12.1. The van der Waals surface area contributed by atoms with Crippen LogP contribution < -0.4 is 0 Å². The van der Waals surface area contributed by atoms with Crippen LogP contribution in [0.2, 0.25) is 0 Å². The summed E-state index contributed by atoms with van der Waals surface area (Å²) in [6.45, 7) is 2.82. The number of hydrogen-bond acceptors (Lipinski definition) is 4. The average Bonchev–Trinajstić information content (AvgIpc) is 3.32. The van der Waals surface area contributed by atoms with E-state index in [0.717, 1.165) is 29.1 Å². The molecule has 130 valence electrons. The third-order valence-electron chi connectivity index (χ3n) is 4.67. The van der Waals surface area contributed by atoms with E-state index in [9.17, 15) is 8.42 Å². The molecule has 0 saturated carbocycles.